The molecule has 0 unspecified atom stereocenters. The zero-order valence-corrected chi connectivity index (χ0v) is 44.6. The first kappa shape index (κ1) is 46.6. The Bertz CT molecular complexity index is 2450. The van der Waals surface area contributed by atoms with Gasteiger partial charge in [-0.05, 0) is 181 Å². The molecular formula is C61H73NO2SZr. The van der Waals surface area contributed by atoms with Crippen molar-refractivity contribution < 1.29 is 36.4 Å². The van der Waals surface area contributed by atoms with Crippen LogP contribution in [0, 0.1) is 35.5 Å². The van der Waals surface area contributed by atoms with Crippen LogP contribution in [0.15, 0.2) is 89.8 Å². The molecule has 0 spiro atoms. The summed E-state index contributed by atoms with van der Waals surface area (Å²) >= 11 is 1.87. The Morgan fingerprint density at radius 2 is 0.773 bits per heavy atom. The molecule has 4 aromatic carbocycles. The van der Waals surface area contributed by atoms with Gasteiger partial charge >= 0.3 is 0 Å². The summed E-state index contributed by atoms with van der Waals surface area (Å²) in [5, 5.41) is 25.6. The van der Waals surface area contributed by atoms with E-state index in [2.05, 4.69) is 147 Å². The molecule has 0 saturated heterocycles. The largest absolute Gasteiger partial charge is 0.507 e. The SMILES string of the molecule is CC(C)(C)Sc1cc(-c2ccccc2-c2cc(C(C)(C)C)cc(C34CC5CC(CC(C5)C3)C4)c2O)nc(-c2ccccc2-c2cc(C(C)(C)C)cc(C34CC5CC(CC(C5)C3)C4)c2O)c1.[Zr]. The third-order valence-corrected chi connectivity index (χ3v) is 18.5. The van der Waals surface area contributed by atoms with E-state index in [1.54, 1.807) is 0 Å². The molecule has 8 saturated carbocycles. The van der Waals surface area contributed by atoms with Crippen LogP contribution in [0.4, 0.5) is 0 Å². The number of nitrogens with zero attached hydrogens (tertiary/aromatic N) is 1. The Labute approximate surface area is 419 Å². The van der Waals surface area contributed by atoms with E-state index in [1.807, 2.05) is 11.8 Å². The maximum absolute atomic E-state index is 12.8. The molecule has 8 aliphatic rings. The van der Waals surface area contributed by atoms with Gasteiger partial charge in [-0.3, -0.25) is 0 Å². The van der Waals surface area contributed by atoms with E-state index >= 15 is 0 Å². The number of thioether (sulfide) groups is 1. The molecule has 0 atom stereocenters. The average molecular weight is 976 g/mol. The van der Waals surface area contributed by atoms with E-state index < -0.39 is 0 Å². The molecule has 2 N–H and O–H groups in total. The Morgan fingerprint density at radius 3 is 1.08 bits per heavy atom. The molecule has 5 heteroatoms. The van der Waals surface area contributed by atoms with Crippen LogP contribution in [0.25, 0.3) is 44.8 Å². The zero-order valence-electron chi connectivity index (χ0n) is 41.3. The van der Waals surface area contributed by atoms with Crippen molar-refractivity contribution in [3.63, 3.8) is 0 Å². The maximum atomic E-state index is 12.8. The summed E-state index contributed by atoms with van der Waals surface area (Å²) in [6.45, 7) is 20.7. The first-order valence-electron chi connectivity index (χ1n) is 25.4. The molecule has 3 nitrogen and oxygen atoms in total. The number of aromatic nitrogens is 1. The number of phenols is 2. The molecule has 13 rings (SSSR count). The van der Waals surface area contributed by atoms with Crippen LogP contribution >= 0.6 is 11.8 Å². The van der Waals surface area contributed by atoms with E-state index in [9.17, 15) is 10.2 Å². The third kappa shape index (κ3) is 8.32. The van der Waals surface area contributed by atoms with Gasteiger partial charge in [0.05, 0.1) is 11.4 Å². The minimum Gasteiger partial charge on any atom is -0.507 e. The zero-order chi connectivity index (χ0) is 45.4. The molecule has 0 amide bonds. The van der Waals surface area contributed by atoms with Crippen molar-refractivity contribution in [2.75, 3.05) is 0 Å². The van der Waals surface area contributed by atoms with Gasteiger partial charge in [0.25, 0.3) is 0 Å². The summed E-state index contributed by atoms with van der Waals surface area (Å²) < 4.78 is -0.0347. The summed E-state index contributed by atoms with van der Waals surface area (Å²) in [5.74, 6) is 5.64. The van der Waals surface area contributed by atoms with Crippen molar-refractivity contribution in [1.29, 1.82) is 0 Å². The van der Waals surface area contributed by atoms with Crippen molar-refractivity contribution in [3.8, 4) is 56.3 Å². The van der Waals surface area contributed by atoms with Gasteiger partial charge in [-0.2, -0.15) is 0 Å². The maximum Gasteiger partial charge on any atom is 0.127 e. The van der Waals surface area contributed by atoms with Crippen LogP contribution in [0.5, 0.6) is 11.5 Å². The second kappa shape index (κ2) is 16.5. The van der Waals surface area contributed by atoms with Crippen LogP contribution in [0.2, 0.25) is 0 Å². The molecule has 8 fully saturated rings. The predicted molar refractivity (Wildman–Crippen MR) is 272 cm³/mol. The quantitative estimate of drug-likeness (QED) is 0.160. The number of hydrogen-bond acceptors (Lipinski definition) is 4. The van der Waals surface area contributed by atoms with Gasteiger partial charge in [-0.15, -0.1) is 11.8 Å². The fraction of sp³-hybridized carbons (Fsp3) is 0.525. The predicted octanol–water partition coefficient (Wildman–Crippen LogP) is 16.6. The van der Waals surface area contributed by atoms with Crippen molar-refractivity contribution in [2.45, 2.75) is 171 Å². The minimum absolute atomic E-state index is 0. The van der Waals surface area contributed by atoms with Crippen LogP contribution in [-0.2, 0) is 47.9 Å². The molecule has 1 heterocycles. The van der Waals surface area contributed by atoms with Crippen molar-refractivity contribution in [2.24, 2.45) is 35.5 Å². The number of aromatic hydroxyl groups is 2. The van der Waals surface area contributed by atoms with Gasteiger partial charge < -0.3 is 10.2 Å². The number of rotatable bonds is 7. The van der Waals surface area contributed by atoms with E-state index in [-0.39, 0.29) is 52.6 Å². The molecule has 0 aliphatic heterocycles. The van der Waals surface area contributed by atoms with Crippen molar-refractivity contribution in [3.05, 3.63) is 107 Å². The molecule has 8 bridgehead atoms. The third-order valence-electron chi connectivity index (χ3n) is 17.4. The fourth-order valence-corrected chi connectivity index (χ4v) is 16.4. The Morgan fingerprint density at radius 1 is 0.455 bits per heavy atom. The monoisotopic (exact) mass is 973 g/mol. The first-order valence-corrected chi connectivity index (χ1v) is 26.2. The number of phenolic OH excluding ortho intramolecular Hbond substituents is 2. The fourth-order valence-electron chi connectivity index (χ4n) is 15.3. The van der Waals surface area contributed by atoms with Crippen molar-refractivity contribution >= 4 is 11.8 Å². The van der Waals surface area contributed by atoms with Crippen LogP contribution < -0.4 is 0 Å². The van der Waals surface area contributed by atoms with Crippen LogP contribution in [0.1, 0.15) is 162 Å². The molecule has 66 heavy (non-hydrogen) atoms. The van der Waals surface area contributed by atoms with E-state index in [0.717, 1.165) is 85.2 Å². The molecule has 344 valence electrons. The summed E-state index contributed by atoms with van der Waals surface area (Å²) in [7, 11) is 0. The van der Waals surface area contributed by atoms with E-state index in [1.165, 1.54) is 99.3 Å². The molecular weight excluding hydrogens is 902 g/mol. The second-order valence-corrected chi connectivity index (χ2v) is 27.5. The molecule has 8 aliphatic carbocycles. The smallest absolute Gasteiger partial charge is 0.127 e. The topological polar surface area (TPSA) is 53.4 Å². The molecule has 0 radical (unpaired) electrons. The second-order valence-electron chi connectivity index (χ2n) is 25.6. The summed E-state index contributed by atoms with van der Waals surface area (Å²) in [6, 6.07) is 31.3. The van der Waals surface area contributed by atoms with Gasteiger partial charge in [-0.1, -0.05) is 123 Å². The van der Waals surface area contributed by atoms with Crippen LogP contribution in [-0.4, -0.2) is 19.9 Å². The Balaban J connectivity index is 0.00000511. The summed E-state index contributed by atoms with van der Waals surface area (Å²) in [6.07, 6.45) is 15.5. The molecule has 1 aromatic heterocycles. The number of pyridine rings is 1. The average Bonchev–Trinajstić information content (AvgIpc) is 3.21. The van der Waals surface area contributed by atoms with Gasteiger partial charge in [0.15, 0.2) is 0 Å². The summed E-state index contributed by atoms with van der Waals surface area (Å²) in [5.41, 5.74) is 12.7. The minimum atomic E-state index is -0.0851. The van der Waals surface area contributed by atoms with E-state index in [4.69, 9.17) is 4.98 Å². The van der Waals surface area contributed by atoms with Gasteiger partial charge in [-0.25, -0.2) is 4.98 Å². The normalized spacial score (nSPS) is 28.7. The van der Waals surface area contributed by atoms with Crippen LogP contribution in [0.3, 0.4) is 0 Å². The standard InChI is InChI=1S/C61H73NO2S.Zr/c1-57(2,3)42-24-49(55(63)51(26-42)60-30-36-18-37(31-60)20-38(19-36)32-60)45-14-10-12-16-47(45)53-28-44(65-59(7,8)9)29-54(62-53)48-17-13-11-15-46(48)50-25-43(58(4,5)6)27-52(56(50)64)61-33-39-21-40(34-61)23-41(22-39)35-61;/h10-17,24-29,36-41,63-64H,18-23,30-35H2,1-9H3;. The van der Waals surface area contributed by atoms with Gasteiger partial charge in [0, 0.05) is 69.2 Å². The van der Waals surface area contributed by atoms with E-state index in [0.29, 0.717) is 11.5 Å². The number of hydrogen-bond donors (Lipinski definition) is 2. The van der Waals surface area contributed by atoms with Gasteiger partial charge in [0.2, 0.25) is 0 Å². The number of benzene rings is 4. The van der Waals surface area contributed by atoms with Crippen molar-refractivity contribution in [1.82, 2.24) is 4.98 Å². The first-order chi connectivity index (χ1) is 30.7. The Hall–Kier alpha value is -3.14. The Kier molecular flexibility index (Phi) is 11.6. The summed E-state index contributed by atoms with van der Waals surface area (Å²) in [4.78, 5) is 6.81. The molecule has 5 aromatic rings. The van der Waals surface area contributed by atoms with Gasteiger partial charge in [0.1, 0.15) is 11.5 Å².